The van der Waals surface area contributed by atoms with Gasteiger partial charge in [0, 0.05) is 15.3 Å². The molecule has 1 aliphatic rings. The van der Waals surface area contributed by atoms with Gasteiger partial charge in [0.05, 0.1) is 5.56 Å². The van der Waals surface area contributed by atoms with Gasteiger partial charge in [-0.1, -0.05) is 31.9 Å². The van der Waals surface area contributed by atoms with Gasteiger partial charge in [0.25, 0.3) is 5.91 Å². The van der Waals surface area contributed by atoms with Gasteiger partial charge in [0.1, 0.15) is 5.82 Å². The zero-order valence-electron chi connectivity index (χ0n) is 9.76. The summed E-state index contributed by atoms with van der Waals surface area (Å²) in [5.41, 5.74) is 0.102. The molecular weight excluding hydrogens is 365 g/mol. The Morgan fingerprint density at radius 1 is 1.28 bits per heavy atom. The summed E-state index contributed by atoms with van der Waals surface area (Å²) in [5.74, 6) is -0.809. The van der Waals surface area contributed by atoms with Gasteiger partial charge < -0.3 is 5.32 Å². The van der Waals surface area contributed by atoms with Crippen LogP contribution < -0.4 is 5.32 Å². The number of hydrogen-bond donors (Lipinski definition) is 1. The average molecular weight is 379 g/mol. The van der Waals surface area contributed by atoms with Crippen molar-refractivity contribution < 1.29 is 9.18 Å². The zero-order valence-corrected chi connectivity index (χ0v) is 12.9. The molecule has 2 rings (SSSR count). The Morgan fingerprint density at radius 2 is 1.94 bits per heavy atom. The molecule has 18 heavy (non-hydrogen) atoms. The van der Waals surface area contributed by atoms with Gasteiger partial charge in [-0.15, -0.1) is 0 Å². The maximum absolute atomic E-state index is 13.5. The predicted molar refractivity (Wildman–Crippen MR) is 76.5 cm³/mol. The number of carbonyl (C=O) groups is 1. The molecule has 0 spiro atoms. The molecule has 0 saturated heterocycles. The Bertz CT molecular complexity index is 445. The Morgan fingerprint density at radius 3 is 2.61 bits per heavy atom. The van der Waals surface area contributed by atoms with Gasteiger partial charge >= 0.3 is 0 Å². The Kier molecular flexibility index (Phi) is 4.78. The summed E-state index contributed by atoms with van der Waals surface area (Å²) in [6.45, 7) is 0. The minimum Gasteiger partial charge on any atom is -0.349 e. The van der Waals surface area contributed by atoms with Gasteiger partial charge in [0.2, 0.25) is 0 Å². The fraction of sp³-hybridized carbons (Fsp3) is 0.462. The van der Waals surface area contributed by atoms with Crippen LogP contribution >= 0.6 is 31.9 Å². The highest BCUT2D eigenvalue weighted by atomic mass is 79.9. The van der Waals surface area contributed by atoms with Crippen molar-refractivity contribution in [2.24, 2.45) is 0 Å². The molecular formula is C13H14Br2FNO. The summed E-state index contributed by atoms with van der Waals surface area (Å²) in [6, 6.07) is 4.56. The van der Waals surface area contributed by atoms with Crippen LogP contribution in [-0.4, -0.2) is 16.8 Å². The second-order valence-electron chi connectivity index (χ2n) is 4.55. The number of hydrogen-bond acceptors (Lipinski definition) is 1. The maximum atomic E-state index is 13.5. The third-order valence-electron chi connectivity index (χ3n) is 3.16. The normalized spacial score (nSPS) is 23.7. The summed E-state index contributed by atoms with van der Waals surface area (Å²) in [6.07, 6.45) is 3.98. The third-order valence-corrected chi connectivity index (χ3v) is 4.57. The third kappa shape index (κ3) is 3.54. The van der Waals surface area contributed by atoms with E-state index in [2.05, 4.69) is 37.2 Å². The van der Waals surface area contributed by atoms with Crippen molar-refractivity contribution in [1.82, 2.24) is 5.32 Å². The molecule has 0 bridgehead atoms. The van der Waals surface area contributed by atoms with E-state index in [0.717, 1.165) is 25.7 Å². The molecule has 2 nitrogen and oxygen atoms in total. The van der Waals surface area contributed by atoms with Gasteiger partial charge in [0.15, 0.2) is 0 Å². The monoisotopic (exact) mass is 377 g/mol. The van der Waals surface area contributed by atoms with Crippen LogP contribution in [0.5, 0.6) is 0 Å². The van der Waals surface area contributed by atoms with Crippen molar-refractivity contribution in [3.8, 4) is 0 Å². The first-order chi connectivity index (χ1) is 8.56. The molecule has 1 aromatic carbocycles. The van der Waals surface area contributed by atoms with E-state index in [4.69, 9.17) is 0 Å². The lowest BCUT2D eigenvalue weighted by atomic mass is 9.95. The number of halogens is 3. The smallest absolute Gasteiger partial charge is 0.254 e. The highest BCUT2D eigenvalue weighted by Crippen LogP contribution is 2.24. The summed E-state index contributed by atoms with van der Waals surface area (Å²) >= 11 is 6.81. The fourth-order valence-electron chi connectivity index (χ4n) is 2.13. The van der Waals surface area contributed by atoms with Crippen LogP contribution in [0.4, 0.5) is 4.39 Å². The lowest BCUT2D eigenvalue weighted by molar-refractivity contribution is 0.0924. The largest absolute Gasteiger partial charge is 0.349 e. The quantitative estimate of drug-likeness (QED) is 0.773. The number of carbonyl (C=O) groups excluding carboxylic acids is 1. The topological polar surface area (TPSA) is 29.1 Å². The average Bonchev–Trinajstić information content (AvgIpc) is 2.35. The Labute approximate surface area is 123 Å². The lowest BCUT2D eigenvalue weighted by Crippen LogP contribution is -2.38. The van der Waals surface area contributed by atoms with Gasteiger partial charge in [-0.05, 0) is 43.9 Å². The van der Waals surface area contributed by atoms with Gasteiger partial charge in [-0.3, -0.25) is 4.79 Å². The van der Waals surface area contributed by atoms with Crippen LogP contribution in [0.15, 0.2) is 22.7 Å². The molecule has 1 saturated carbocycles. The van der Waals surface area contributed by atoms with Crippen molar-refractivity contribution in [2.45, 2.75) is 36.6 Å². The van der Waals surface area contributed by atoms with Crippen LogP contribution in [0, 0.1) is 5.82 Å². The Hall–Kier alpha value is -0.420. The molecule has 0 aromatic heterocycles. The Balaban J connectivity index is 2.01. The summed E-state index contributed by atoms with van der Waals surface area (Å²) in [7, 11) is 0. The molecule has 1 fully saturated rings. The molecule has 0 unspecified atom stereocenters. The van der Waals surface area contributed by atoms with Crippen molar-refractivity contribution >= 4 is 37.8 Å². The molecule has 1 aliphatic carbocycles. The van der Waals surface area contributed by atoms with E-state index in [1.807, 2.05) is 0 Å². The summed E-state index contributed by atoms with van der Waals surface area (Å²) < 4.78 is 14.3. The standard InChI is InChI=1S/C13H14Br2FNO/c14-8-1-4-10(5-2-8)17-13(18)11-7-9(15)3-6-12(11)16/h3,6-8,10H,1-2,4-5H2,(H,17,18). The number of alkyl halides is 1. The van der Waals surface area contributed by atoms with E-state index < -0.39 is 5.82 Å². The minimum absolute atomic E-state index is 0.102. The predicted octanol–water partition coefficient (Wildman–Crippen LogP) is 4.02. The second-order valence-corrected chi connectivity index (χ2v) is 6.76. The fourth-order valence-corrected chi connectivity index (χ4v) is 3.02. The number of nitrogens with one attached hydrogen (secondary N) is 1. The van der Waals surface area contributed by atoms with E-state index in [9.17, 15) is 9.18 Å². The van der Waals surface area contributed by atoms with E-state index in [-0.39, 0.29) is 17.5 Å². The molecule has 1 amide bonds. The van der Waals surface area contributed by atoms with Crippen molar-refractivity contribution in [1.29, 1.82) is 0 Å². The SMILES string of the molecule is O=C(NC1CCC(Br)CC1)c1cc(Br)ccc1F. The lowest BCUT2D eigenvalue weighted by Gasteiger charge is -2.26. The van der Waals surface area contributed by atoms with Crippen LogP contribution in [0.25, 0.3) is 0 Å². The number of benzene rings is 1. The van der Waals surface area contributed by atoms with Crippen LogP contribution in [0.3, 0.4) is 0 Å². The first-order valence-corrected chi connectivity index (χ1v) is 7.67. The van der Waals surface area contributed by atoms with E-state index in [0.29, 0.717) is 9.30 Å². The molecule has 5 heteroatoms. The number of rotatable bonds is 2. The number of amides is 1. The minimum atomic E-state index is -0.482. The van der Waals surface area contributed by atoms with Crippen molar-refractivity contribution in [2.75, 3.05) is 0 Å². The van der Waals surface area contributed by atoms with E-state index in [1.165, 1.54) is 12.1 Å². The van der Waals surface area contributed by atoms with Gasteiger partial charge in [-0.25, -0.2) is 4.39 Å². The van der Waals surface area contributed by atoms with Crippen LogP contribution in [0.2, 0.25) is 0 Å². The second kappa shape index (κ2) is 6.15. The molecule has 0 atom stereocenters. The van der Waals surface area contributed by atoms with E-state index >= 15 is 0 Å². The first-order valence-electron chi connectivity index (χ1n) is 5.96. The maximum Gasteiger partial charge on any atom is 0.254 e. The highest BCUT2D eigenvalue weighted by Gasteiger charge is 2.22. The van der Waals surface area contributed by atoms with Crippen LogP contribution in [-0.2, 0) is 0 Å². The molecule has 0 heterocycles. The molecule has 1 N–H and O–H groups in total. The van der Waals surface area contributed by atoms with Crippen molar-refractivity contribution in [3.63, 3.8) is 0 Å². The summed E-state index contributed by atoms with van der Waals surface area (Å²) in [4.78, 5) is 12.5. The molecule has 0 radical (unpaired) electrons. The molecule has 0 aliphatic heterocycles. The summed E-state index contributed by atoms with van der Waals surface area (Å²) in [5, 5.41) is 2.90. The molecule has 98 valence electrons. The van der Waals surface area contributed by atoms with Crippen LogP contribution in [0.1, 0.15) is 36.0 Å². The van der Waals surface area contributed by atoms with E-state index in [1.54, 1.807) is 6.07 Å². The first kappa shape index (κ1) is 14.0. The van der Waals surface area contributed by atoms with Gasteiger partial charge in [-0.2, -0.15) is 0 Å². The molecule has 1 aromatic rings. The van der Waals surface area contributed by atoms with Crippen molar-refractivity contribution in [3.05, 3.63) is 34.1 Å². The zero-order chi connectivity index (χ0) is 13.1. The highest BCUT2D eigenvalue weighted by molar-refractivity contribution is 9.10.